The van der Waals surface area contributed by atoms with Gasteiger partial charge in [-0.25, -0.2) is 0 Å². The van der Waals surface area contributed by atoms with Crippen molar-refractivity contribution in [1.29, 1.82) is 0 Å². The number of nitrogens with one attached hydrogen (secondary N) is 2. The molecule has 2 aromatic rings. The Balaban J connectivity index is 2.29. The fourth-order valence-corrected chi connectivity index (χ4v) is 1.98. The van der Waals surface area contributed by atoms with Gasteiger partial charge in [-0.05, 0) is 26.0 Å². The topological polar surface area (TPSA) is 59.0 Å². The van der Waals surface area contributed by atoms with Crippen LogP contribution in [0.3, 0.4) is 0 Å². The second-order valence-electron chi connectivity index (χ2n) is 4.56. The summed E-state index contributed by atoms with van der Waals surface area (Å²) < 4.78 is 1.68. The first-order chi connectivity index (χ1) is 9.01. The first kappa shape index (κ1) is 13.1. The summed E-state index contributed by atoms with van der Waals surface area (Å²) in [6, 6.07) is 5.74. The van der Waals surface area contributed by atoms with Crippen molar-refractivity contribution >= 4 is 17.3 Å². The third kappa shape index (κ3) is 2.76. The van der Waals surface area contributed by atoms with Crippen molar-refractivity contribution in [3.05, 3.63) is 41.2 Å². The molecule has 0 aliphatic carbocycles. The molecule has 0 unspecified atom stereocenters. The predicted octanol–water partition coefficient (Wildman–Crippen LogP) is 2.33. The molecule has 0 spiro atoms. The molecule has 0 aliphatic rings. The Morgan fingerprint density at radius 3 is 2.58 bits per heavy atom. The van der Waals surface area contributed by atoms with E-state index in [0.717, 1.165) is 22.6 Å². The van der Waals surface area contributed by atoms with Crippen LogP contribution >= 0.6 is 0 Å². The van der Waals surface area contributed by atoms with Crippen LogP contribution in [0.15, 0.2) is 24.4 Å². The van der Waals surface area contributed by atoms with Crippen molar-refractivity contribution in [2.24, 2.45) is 7.05 Å². The highest BCUT2D eigenvalue weighted by Crippen LogP contribution is 2.19. The van der Waals surface area contributed by atoms with Gasteiger partial charge in [-0.3, -0.25) is 9.48 Å². The predicted molar refractivity (Wildman–Crippen MR) is 76.6 cm³/mol. The number of hydrogen-bond donors (Lipinski definition) is 2. The number of nitrogens with zero attached hydrogens (tertiary/aromatic N) is 2. The highest BCUT2D eigenvalue weighted by molar-refractivity contribution is 6.08. The number of aromatic nitrogens is 2. The maximum atomic E-state index is 12.3. The third-order valence-electron chi connectivity index (χ3n) is 2.95. The molecule has 1 aromatic heterocycles. The van der Waals surface area contributed by atoms with Crippen molar-refractivity contribution in [3.8, 4) is 0 Å². The number of rotatable bonds is 3. The van der Waals surface area contributed by atoms with E-state index in [1.807, 2.05) is 39.1 Å². The van der Waals surface area contributed by atoms with E-state index in [1.165, 1.54) is 0 Å². The van der Waals surface area contributed by atoms with E-state index in [1.54, 1.807) is 17.9 Å². The molecular weight excluding hydrogens is 240 g/mol. The number of aryl methyl sites for hydroxylation is 3. The minimum absolute atomic E-state index is 0.135. The Bertz CT molecular complexity index is 616. The van der Waals surface area contributed by atoms with Crippen molar-refractivity contribution in [2.75, 3.05) is 17.7 Å². The van der Waals surface area contributed by atoms with Crippen LogP contribution in [0.4, 0.5) is 11.4 Å². The van der Waals surface area contributed by atoms with E-state index >= 15 is 0 Å². The zero-order chi connectivity index (χ0) is 14.0. The molecule has 5 nitrogen and oxygen atoms in total. The molecule has 5 heteroatoms. The lowest BCUT2D eigenvalue weighted by Crippen LogP contribution is -2.14. The molecule has 19 heavy (non-hydrogen) atoms. The summed E-state index contributed by atoms with van der Waals surface area (Å²) in [5, 5.41) is 10.1. The molecule has 0 saturated heterocycles. The molecular formula is C14H18N4O. The highest BCUT2D eigenvalue weighted by Gasteiger charge is 2.13. The quantitative estimate of drug-likeness (QED) is 0.888. The van der Waals surface area contributed by atoms with Crippen molar-refractivity contribution < 1.29 is 4.79 Å². The Morgan fingerprint density at radius 1 is 1.26 bits per heavy atom. The molecule has 1 amide bonds. The van der Waals surface area contributed by atoms with Crippen LogP contribution in [-0.2, 0) is 7.05 Å². The Morgan fingerprint density at radius 2 is 2.00 bits per heavy atom. The first-order valence-corrected chi connectivity index (χ1v) is 6.11. The second-order valence-corrected chi connectivity index (χ2v) is 4.56. The number of carbonyl (C=O) groups excluding carboxylic acids is 1. The lowest BCUT2D eigenvalue weighted by molar-refractivity contribution is 0.102. The lowest BCUT2D eigenvalue weighted by atomic mass is 10.1. The molecule has 2 rings (SSSR count). The summed E-state index contributed by atoms with van der Waals surface area (Å²) in [5.74, 6) is -0.135. The van der Waals surface area contributed by atoms with Gasteiger partial charge >= 0.3 is 0 Å². The maximum absolute atomic E-state index is 12.3. The first-order valence-electron chi connectivity index (χ1n) is 6.11. The van der Waals surface area contributed by atoms with Crippen molar-refractivity contribution in [2.45, 2.75) is 13.8 Å². The molecule has 2 N–H and O–H groups in total. The summed E-state index contributed by atoms with van der Waals surface area (Å²) in [6.45, 7) is 3.83. The number of carbonyl (C=O) groups is 1. The SMILES string of the molecule is CNc1ccc(C)cc1C(=O)Nc1cn(C)nc1C. The van der Waals surface area contributed by atoms with Crippen LogP contribution in [0.5, 0.6) is 0 Å². The molecule has 0 atom stereocenters. The number of anilines is 2. The zero-order valence-electron chi connectivity index (χ0n) is 11.6. The smallest absolute Gasteiger partial charge is 0.257 e. The van der Waals surface area contributed by atoms with Crippen LogP contribution in [0.1, 0.15) is 21.6 Å². The summed E-state index contributed by atoms with van der Waals surface area (Å²) in [5.41, 5.74) is 4.02. The van der Waals surface area contributed by atoms with Gasteiger partial charge in [-0.2, -0.15) is 5.10 Å². The normalized spacial score (nSPS) is 10.3. The van der Waals surface area contributed by atoms with E-state index in [2.05, 4.69) is 15.7 Å². The largest absolute Gasteiger partial charge is 0.387 e. The van der Waals surface area contributed by atoms with Crippen LogP contribution in [0.25, 0.3) is 0 Å². The second kappa shape index (κ2) is 5.14. The average molecular weight is 258 g/mol. The molecule has 0 fully saturated rings. The van der Waals surface area contributed by atoms with Gasteiger partial charge in [0, 0.05) is 26.0 Å². The van der Waals surface area contributed by atoms with Crippen LogP contribution in [-0.4, -0.2) is 22.7 Å². The summed E-state index contributed by atoms with van der Waals surface area (Å²) in [4.78, 5) is 12.3. The summed E-state index contributed by atoms with van der Waals surface area (Å²) in [7, 11) is 3.63. The van der Waals surface area contributed by atoms with Gasteiger partial charge < -0.3 is 10.6 Å². The van der Waals surface area contributed by atoms with Crippen molar-refractivity contribution in [1.82, 2.24) is 9.78 Å². The Labute approximate surface area is 112 Å². The molecule has 1 aromatic carbocycles. The van der Waals surface area contributed by atoms with Crippen LogP contribution in [0.2, 0.25) is 0 Å². The van der Waals surface area contributed by atoms with E-state index in [4.69, 9.17) is 0 Å². The Hall–Kier alpha value is -2.30. The van der Waals surface area contributed by atoms with Crippen molar-refractivity contribution in [3.63, 3.8) is 0 Å². The third-order valence-corrected chi connectivity index (χ3v) is 2.95. The molecule has 100 valence electrons. The van der Waals surface area contributed by atoms with E-state index < -0.39 is 0 Å². The Kier molecular flexibility index (Phi) is 3.55. The summed E-state index contributed by atoms with van der Waals surface area (Å²) >= 11 is 0. The fourth-order valence-electron chi connectivity index (χ4n) is 1.98. The molecule has 1 heterocycles. The van der Waals surface area contributed by atoms with Gasteiger partial charge in [0.15, 0.2) is 0 Å². The van der Waals surface area contributed by atoms with Gasteiger partial charge in [0.05, 0.1) is 16.9 Å². The molecule has 0 aliphatic heterocycles. The van der Waals surface area contributed by atoms with Crippen LogP contribution in [0, 0.1) is 13.8 Å². The minimum atomic E-state index is -0.135. The maximum Gasteiger partial charge on any atom is 0.257 e. The van der Waals surface area contributed by atoms with Gasteiger partial charge in [0.2, 0.25) is 0 Å². The standard InChI is InChI=1S/C14H18N4O/c1-9-5-6-12(15-3)11(7-9)14(19)16-13-8-18(4)17-10(13)2/h5-8,15H,1-4H3,(H,16,19). The van der Waals surface area contributed by atoms with Gasteiger partial charge in [0.25, 0.3) is 5.91 Å². The zero-order valence-corrected chi connectivity index (χ0v) is 11.6. The number of benzene rings is 1. The lowest BCUT2D eigenvalue weighted by Gasteiger charge is -2.10. The monoisotopic (exact) mass is 258 g/mol. The van der Waals surface area contributed by atoms with Gasteiger partial charge in [0.1, 0.15) is 0 Å². The molecule has 0 saturated carbocycles. The highest BCUT2D eigenvalue weighted by atomic mass is 16.1. The number of hydrogen-bond acceptors (Lipinski definition) is 3. The molecule has 0 bridgehead atoms. The summed E-state index contributed by atoms with van der Waals surface area (Å²) in [6.07, 6.45) is 1.79. The average Bonchev–Trinajstić information content (AvgIpc) is 2.67. The van der Waals surface area contributed by atoms with Gasteiger partial charge in [-0.15, -0.1) is 0 Å². The molecule has 0 radical (unpaired) electrons. The van der Waals surface area contributed by atoms with E-state index in [0.29, 0.717) is 5.56 Å². The number of amides is 1. The van der Waals surface area contributed by atoms with Gasteiger partial charge in [-0.1, -0.05) is 11.6 Å². The van der Waals surface area contributed by atoms with E-state index in [9.17, 15) is 4.79 Å². The van der Waals surface area contributed by atoms with Crippen LogP contribution < -0.4 is 10.6 Å². The minimum Gasteiger partial charge on any atom is -0.387 e. The van der Waals surface area contributed by atoms with E-state index in [-0.39, 0.29) is 5.91 Å². The fraction of sp³-hybridized carbons (Fsp3) is 0.286.